The second-order valence-electron chi connectivity index (χ2n) is 6.04. The van der Waals surface area contributed by atoms with Crippen molar-refractivity contribution >= 4 is 0 Å². The molecule has 0 heterocycles. The van der Waals surface area contributed by atoms with E-state index < -0.39 is 0 Å². The minimum Gasteiger partial charge on any atom is -0.380 e. The van der Waals surface area contributed by atoms with Gasteiger partial charge in [0.15, 0.2) is 0 Å². The molecule has 1 fully saturated rings. The second kappa shape index (κ2) is 6.51. The molecule has 0 spiro atoms. The van der Waals surface area contributed by atoms with Crippen LogP contribution in [0.1, 0.15) is 25.3 Å². The van der Waals surface area contributed by atoms with Crippen molar-refractivity contribution in [2.45, 2.75) is 25.3 Å². The van der Waals surface area contributed by atoms with Gasteiger partial charge in [-0.05, 0) is 38.3 Å². The molecule has 1 aromatic rings. The van der Waals surface area contributed by atoms with Crippen molar-refractivity contribution in [3.63, 3.8) is 0 Å². The molecule has 0 saturated heterocycles. The molecule has 2 rings (SSSR count). The van der Waals surface area contributed by atoms with E-state index in [0.717, 1.165) is 32.2 Å². The van der Waals surface area contributed by atoms with Crippen molar-refractivity contribution in [1.82, 2.24) is 4.90 Å². The first-order chi connectivity index (χ1) is 9.08. The van der Waals surface area contributed by atoms with Gasteiger partial charge in [-0.3, -0.25) is 0 Å². The average molecular weight is 262 g/mol. The molecule has 1 aromatic carbocycles. The van der Waals surface area contributed by atoms with Gasteiger partial charge < -0.3 is 15.4 Å². The molecule has 3 nitrogen and oxygen atoms in total. The van der Waals surface area contributed by atoms with Crippen LogP contribution < -0.4 is 5.73 Å². The molecule has 106 valence electrons. The second-order valence-corrected chi connectivity index (χ2v) is 6.04. The molecular weight excluding hydrogens is 236 g/mol. The van der Waals surface area contributed by atoms with Gasteiger partial charge in [0.2, 0.25) is 0 Å². The summed E-state index contributed by atoms with van der Waals surface area (Å²) in [5.74, 6) is 0.842. The summed E-state index contributed by atoms with van der Waals surface area (Å²) in [6.07, 6.45) is 2.70. The smallest absolute Gasteiger partial charge is 0.0593 e. The molecule has 1 aliphatic carbocycles. The Bertz CT molecular complexity index is 374. The van der Waals surface area contributed by atoms with Crippen LogP contribution in [0.2, 0.25) is 0 Å². The number of likely N-dealkylation sites (N-methyl/N-ethyl adjacent to an activating group) is 1. The van der Waals surface area contributed by atoms with Crippen LogP contribution in [0.4, 0.5) is 0 Å². The summed E-state index contributed by atoms with van der Waals surface area (Å²) in [7, 11) is 2.11. The lowest BCUT2D eigenvalue weighted by atomic mass is 9.93. The first kappa shape index (κ1) is 14.5. The Labute approximate surface area is 116 Å². The van der Waals surface area contributed by atoms with E-state index in [1.165, 1.54) is 18.4 Å². The summed E-state index contributed by atoms with van der Waals surface area (Å²) >= 11 is 0. The van der Waals surface area contributed by atoms with Crippen molar-refractivity contribution < 1.29 is 4.74 Å². The number of benzene rings is 1. The van der Waals surface area contributed by atoms with Crippen molar-refractivity contribution in [1.29, 1.82) is 0 Å². The Morgan fingerprint density at radius 2 is 2.00 bits per heavy atom. The number of nitrogens with zero attached hydrogens (tertiary/aromatic N) is 1. The van der Waals surface area contributed by atoms with Crippen molar-refractivity contribution in [2.75, 3.05) is 33.4 Å². The quantitative estimate of drug-likeness (QED) is 0.730. The van der Waals surface area contributed by atoms with Crippen LogP contribution >= 0.6 is 0 Å². The third-order valence-corrected chi connectivity index (χ3v) is 3.70. The SMILES string of the molecule is CN(CCOCC1CC1)CC(C)(N)c1ccccc1. The van der Waals surface area contributed by atoms with Gasteiger partial charge >= 0.3 is 0 Å². The van der Waals surface area contributed by atoms with Gasteiger partial charge in [0.1, 0.15) is 0 Å². The van der Waals surface area contributed by atoms with E-state index in [4.69, 9.17) is 10.5 Å². The Morgan fingerprint density at radius 3 is 2.63 bits per heavy atom. The van der Waals surface area contributed by atoms with E-state index in [2.05, 4.69) is 31.0 Å². The Hall–Kier alpha value is -0.900. The molecule has 2 N–H and O–H groups in total. The minimum absolute atomic E-state index is 0.313. The third kappa shape index (κ3) is 4.94. The minimum atomic E-state index is -0.313. The largest absolute Gasteiger partial charge is 0.380 e. The van der Waals surface area contributed by atoms with Gasteiger partial charge in [0, 0.05) is 19.7 Å². The van der Waals surface area contributed by atoms with Crippen LogP contribution in [0.5, 0.6) is 0 Å². The lowest BCUT2D eigenvalue weighted by Gasteiger charge is -2.30. The highest BCUT2D eigenvalue weighted by molar-refractivity contribution is 5.23. The number of ether oxygens (including phenoxy) is 1. The maximum Gasteiger partial charge on any atom is 0.0593 e. The number of hydrogen-bond acceptors (Lipinski definition) is 3. The predicted molar refractivity (Wildman–Crippen MR) is 79.0 cm³/mol. The molecule has 0 aromatic heterocycles. The lowest BCUT2D eigenvalue weighted by Crippen LogP contribution is -2.44. The Morgan fingerprint density at radius 1 is 1.32 bits per heavy atom. The molecule has 0 bridgehead atoms. The highest BCUT2D eigenvalue weighted by atomic mass is 16.5. The Balaban J connectivity index is 1.71. The van der Waals surface area contributed by atoms with E-state index in [1.54, 1.807) is 0 Å². The maximum absolute atomic E-state index is 6.42. The number of rotatable bonds is 8. The summed E-state index contributed by atoms with van der Waals surface area (Å²) in [6.45, 7) is 5.60. The fourth-order valence-electron chi connectivity index (χ4n) is 2.30. The average Bonchev–Trinajstić information content (AvgIpc) is 3.19. The zero-order valence-corrected chi connectivity index (χ0v) is 12.1. The van der Waals surface area contributed by atoms with Gasteiger partial charge in [0.25, 0.3) is 0 Å². The van der Waals surface area contributed by atoms with E-state index in [0.29, 0.717) is 0 Å². The van der Waals surface area contributed by atoms with Crippen LogP contribution in [0.3, 0.4) is 0 Å². The highest BCUT2D eigenvalue weighted by Gasteiger charge is 2.23. The van der Waals surface area contributed by atoms with Crippen molar-refractivity contribution in [3.05, 3.63) is 35.9 Å². The molecule has 0 radical (unpaired) electrons. The fraction of sp³-hybridized carbons (Fsp3) is 0.625. The van der Waals surface area contributed by atoms with E-state index in [-0.39, 0.29) is 5.54 Å². The van der Waals surface area contributed by atoms with Gasteiger partial charge in [-0.25, -0.2) is 0 Å². The number of hydrogen-bond donors (Lipinski definition) is 1. The summed E-state index contributed by atoms with van der Waals surface area (Å²) in [4.78, 5) is 2.25. The van der Waals surface area contributed by atoms with E-state index in [1.807, 2.05) is 18.2 Å². The predicted octanol–water partition coefficient (Wildman–Crippen LogP) is 2.22. The fourth-order valence-corrected chi connectivity index (χ4v) is 2.30. The number of nitrogens with two attached hydrogens (primary N) is 1. The first-order valence-electron chi connectivity index (χ1n) is 7.18. The van der Waals surface area contributed by atoms with Crippen LogP contribution in [0.25, 0.3) is 0 Å². The molecule has 0 aliphatic heterocycles. The first-order valence-corrected chi connectivity index (χ1v) is 7.18. The molecule has 1 atom stereocenters. The zero-order valence-electron chi connectivity index (χ0n) is 12.1. The summed E-state index contributed by atoms with van der Waals surface area (Å²) in [6, 6.07) is 10.3. The monoisotopic (exact) mass is 262 g/mol. The lowest BCUT2D eigenvalue weighted by molar-refractivity contribution is 0.0977. The van der Waals surface area contributed by atoms with Crippen molar-refractivity contribution in [3.8, 4) is 0 Å². The van der Waals surface area contributed by atoms with Crippen LogP contribution in [-0.4, -0.2) is 38.3 Å². The van der Waals surface area contributed by atoms with Gasteiger partial charge in [-0.1, -0.05) is 30.3 Å². The van der Waals surface area contributed by atoms with Gasteiger partial charge in [-0.15, -0.1) is 0 Å². The van der Waals surface area contributed by atoms with Crippen molar-refractivity contribution in [2.24, 2.45) is 11.7 Å². The third-order valence-electron chi connectivity index (χ3n) is 3.70. The van der Waals surface area contributed by atoms with Crippen LogP contribution in [0.15, 0.2) is 30.3 Å². The molecule has 3 heteroatoms. The summed E-state index contributed by atoms with van der Waals surface area (Å²) in [5.41, 5.74) is 7.29. The van der Waals surface area contributed by atoms with E-state index >= 15 is 0 Å². The summed E-state index contributed by atoms with van der Waals surface area (Å²) in [5, 5.41) is 0. The van der Waals surface area contributed by atoms with Gasteiger partial charge in [0.05, 0.1) is 12.1 Å². The molecule has 1 saturated carbocycles. The highest BCUT2D eigenvalue weighted by Crippen LogP contribution is 2.28. The van der Waals surface area contributed by atoms with Crippen LogP contribution in [-0.2, 0) is 10.3 Å². The molecule has 19 heavy (non-hydrogen) atoms. The standard InChI is InChI=1S/C16H26N2O/c1-16(17,15-6-4-3-5-7-15)13-18(2)10-11-19-12-14-8-9-14/h3-7,14H,8-13,17H2,1-2H3. The topological polar surface area (TPSA) is 38.5 Å². The normalized spacial score (nSPS) is 18.5. The summed E-state index contributed by atoms with van der Waals surface area (Å²) < 4.78 is 5.67. The van der Waals surface area contributed by atoms with Crippen LogP contribution in [0, 0.1) is 5.92 Å². The molecule has 0 amide bonds. The zero-order chi connectivity index (χ0) is 13.7. The molecule has 1 unspecified atom stereocenters. The molecule has 1 aliphatic rings. The van der Waals surface area contributed by atoms with E-state index in [9.17, 15) is 0 Å². The maximum atomic E-state index is 6.42. The Kier molecular flexibility index (Phi) is 4.97. The van der Waals surface area contributed by atoms with Gasteiger partial charge in [-0.2, -0.15) is 0 Å². The molecular formula is C16H26N2O.